The van der Waals surface area contributed by atoms with Gasteiger partial charge in [0.05, 0.1) is 12.1 Å². The minimum Gasteiger partial charge on any atom is -0.326 e. The van der Waals surface area contributed by atoms with E-state index in [1.54, 1.807) is 24.0 Å². The third kappa shape index (κ3) is 4.71. The second-order valence-electron chi connectivity index (χ2n) is 6.43. The molecule has 0 bridgehead atoms. The van der Waals surface area contributed by atoms with Gasteiger partial charge in [0.15, 0.2) is 5.13 Å². The van der Waals surface area contributed by atoms with Crippen LogP contribution in [0, 0.1) is 6.92 Å². The van der Waals surface area contributed by atoms with Gasteiger partial charge in [0, 0.05) is 36.1 Å². The van der Waals surface area contributed by atoms with E-state index in [9.17, 15) is 14.4 Å². The maximum Gasteiger partial charge on any atom is 0.230 e. The number of benzene rings is 1. The van der Waals surface area contributed by atoms with Gasteiger partial charge in [-0.1, -0.05) is 13.0 Å². The van der Waals surface area contributed by atoms with E-state index in [0.717, 1.165) is 12.0 Å². The molecule has 1 aliphatic rings. The molecule has 2 aromatic rings. The molecule has 2 N–H and O–H groups in total. The largest absolute Gasteiger partial charge is 0.326 e. The zero-order valence-corrected chi connectivity index (χ0v) is 16.2. The van der Waals surface area contributed by atoms with E-state index in [-0.39, 0.29) is 24.1 Å². The Balaban J connectivity index is 1.64. The first kappa shape index (κ1) is 19.0. The van der Waals surface area contributed by atoms with Crippen LogP contribution in [0.3, 0.4) is 0 Å². The van der Waals surface area contributed by atoms with Crippen molar-refractivity contribution >= 4 is 45.6 Å². The maximum atomic E-state index is 12.4. The normalized spacial score (nSPS) is 13.7. The first-order chi connectivity index (χ1) is 13.0. The van der Waals surface area contributed by atoms with E-state index in [1.807, 2.05) is 18.4 Å². The van der Waals surface area contributed by atoms with Crippen LogP contribution in [0.25, 0.3) is 0 Å². The van der Waals surface area contributed by atoms with Crippen molar-refractivity contribution < 1.29 is 14.4 Å². The van der Waals surface area contributed by atoms with Gasteiger partial charge in [-0.3, -0.25) is 19.3 Å². The summed E-state index contributed by atoms with van der Waals surface area (Å²) in [7, 11) is 0. The summed E-state index contributed by atoms with van der Waals surface area (Å²) >= 11 is 1.38. The summed E-state index contributed by atoms with van der Waals surface area (Å²) in [4.78, 5) is 41.8. The number of carbonyl (C=O) groups excluding carboxylic acids is 3. The molecule has 27 heavy (non-hydrogen) atoms. The van der Waals surface area contributed by atoms with Crippen LogP contribution in [-0.2, 0) is 20.8 Å². The molecule has 0 saturated carbocycles. The van der Waals surface area contributed by atoms with Crippen molar-refractivity contribution in [3.05, 3.63) is 34.8 Å². The van der Waals surface area contributed by atoms with Crippen LogP contribution in [0.2, 0.25) is 0 Å². The summed E-state index contributed by atoms with van der Waals surface area (Å²) in [5.41, 5.74) is 2.84. The van der Waals surface area contributed by atoms with E-state index >= 15 is 0 Å². The van der Waals surface area contributed by atoms with E-state index in [4.69, 9.17) is 0 Å². The van der Waals surface area contributed by atoms with Crippen molar-refractivity contribution in [3.63, 3.8) is 0 Å². The molecular weight excluding hydrogens is 364 g/mol. The third-order valence-corrected chi connectivity index (χ3v) is 5.21. The van der Waals surface area contributed by atoms with Crippen molar-refractivity contribution in [2.24, 2.45) is 0 Å². The van der Waals surface area contributed by atoms with E-state index < -0.39 is 0 Å². The summed E-state index contributed by atoms with van der Waals surface area (Å²) in [5, 5.41) is 8.12. The average Bonchev–Trinajstić information content (AvgIpc) is 3.26. The lowest BCUT2D eigenvalue weighted by molar-refractivity contribution is -0.117. The Morgan fingerprint density at radius 3 is 2.78 bits per heavy atom. The summed E-state index contributed by atoms with van der Waals surface area (Å²) < 4.78 is 0. The number of nitrogens with one attached hydrogen (secondary N) is 2. The Labute approximate surface area is 161 Å². The number of anilines is 3. The SMILES string of the molecule is CCC(=O)Nc1ccc(C)c(NC(=O)Cc2csc(N3CCCC3=O)n2)c1. The van der Waals surface area contributed by atoms with Crippen molar-refractivity contribution in [2.75, 3.05) is 22.1 Å². The van der Waals surface area contributed by atoms with Crippen LogP contribution in [-0.4, -0.2) is 29.3 Å². The van der Waals surface area contributed by atoms with Gasteiger partial charge in [0.1, 0.15) is 0 Å². The van der Waals surface area contributed by atoms with Crippen LogP contribution >= 0.6 is 11.3 Å². The van der Waals surface area contributed by atoms with Gasteiger partial charge in [0.2, 0.25) is 17.7 Å². The predicted octanol–water partition coefficient (Wildman–Crippen LogP) is 3.11. The molecule has 7 nitrogen and oxygen atoms in total. The molecule has 142 valence electrons. The number of amides is 3. The molecule has 0 spiro atoms. The molecule has 2 heterocycles. The first-order valence-corrected chi connectivity index (χ1v) is 9.79. The van der Waals surface area contributed by atoms with Crippen LogP contribution in [0.15, 0.2) is 23.6 Å². The van der Waals surface area contributed by atoms with Crippen LogP contribution in [0.1, 0.15) is 37.4 Å². The van der Waals surface area contributed by atoms with Crippen LogP contribution < -0.4 is 15.5 Å². The quantitative estimate of drug-likeness (QED) is 0.798. The molecule has 1 aromatic carbocycles. The van der Waals surface area contributed by atoms with Crippen LogP contribution in [0.4, 0.5) is 16.5 Å². The highest BCUT2D eigenvalue weighted by Gasteiger charge is 2.24. The maximum absolute atomic E-state index is 12.4. The molecule has 8 heteroatoms. The Kier molecular flexibility index (Phi) is 5.85. The highest BCUT2D eigenvalue weighted by atomic mass is 32.1. The second-order valence-corrected chi connectivity index (χ2v) is 7.26. The molecular formula is C19H22N4O3S. The molecule has 3 amide bonds. The smallest absolute Gasteiger partial charge is 0.230 e. The van der Waals surface area contributed by atoms with Crippen molar-refractivity contribution in [1.29, 1.82) is 0 Å². The molecule has 1 aliphatic heterocycles. The fourth-order valence-electron chi connectivity index (χ4n) is 2.79. The summed E-state index contributed by atoms with van der Waals surface area (Å²) in [6, 6.07) is 5.40. The van der Waals surface area contributed by atoms with Crippen molar-refractivity contribution in [2.45, 2.75) is 39.5 Å². The number of rotatable bonds is 6. The molecule has 1 aromatic heterocycles. The number of nitrogens with zero attached hydrogens (tertiary/aromatic N) is 2. The number of aromatic nitrogens is 1. The molecule has 0 aliphatic carbocycles. The van der Waals surface area contributed by atoms with Gasteiger partial charge in [-0.25, -0.2) is 4.98 Å². The van der Waals surface area contributed by atoms with Crippen LogP contribution in [0.5, 0.6) is 0 Å². The topological polar surface area (TPSA) is 91.4 Å². The zero-order chi connectivity index (χ0) is 19.4. The molecule has 3 rings (SSSR count). The number of hydrogen-bond acceptors (Lipinski definition) is 5. The zero-order valence-electron chi connectivity index (χ0n) is 15.4. The lowest BCUT2D eigenvalue weighted by Crippen LogP contribution is -2.23. The van der Waals surface area contributed by atoms with Gasteiger partial charge in [-0.15, -0.1) is 11.3 Å². The van der Waals surface area contributed by atoms with Gasteiger partial charge in [-0.05, 0) is 31.0 Å². The van der Waals surface area contributed by atoms with Gasteiger partial charge >= 0.3 is 0 Å². The highest BCUT2D eigenvalue weighted by Crippen LogP contribution is 2.26. The number of thiazole rings is 1. The standard InChI is InChI=1S/C19H22N4O3S/c1-3-16(24)20-13-7-6-12(2)15(9-13)22-17(25)10-14-11-27-19(21-14)23-8-4-5-18(23)26/h6-7,9,11H,3-5,8,10H2,1-2H3,(H,20,24)(H,22,25). The predicted molar refractivity (Wildman–Crippen MR) is 106 cm³/mol. The molecule has 0 unspecified atom stereocenters. The van der Waals surface area contributed by atoms with E-state index in [1.165, 1.54) is 11.3 Å². The summed E-state index contributed by atoms with van der Waals surface area (Å²) in [5.74, 6) is -0.189. The fourth-order valence-corrected chi connectivity index (χ4v) is 3.66. The number of aryl methyl sites for hydroxylation is 1. The van der Waals surface area contributed by atoms with Crippen molar-refractivity contribution in [3.8, 4) is 0 Å². The molecule has 1 saturated heterocycles. The summed E-state index contributed by atoms with van der Waals surface area (Å²) in [6.45, 7) is 4.36. The lowest BCUT2D eigenvalue weighted by Gasteiger charge is -2.11. The number of hydrogen-bond donors (Lipinski definition) is 2. The monoisotopic (exact) mass is 386 g/mol. The Hall–Kier alpha value is -2.74. The summed E-state index contributed by atoms with van der Waals surface area (Å²) in [6.07, 6.45) is 1.92. The van der Waals surface area contributed by atoms with Gasteiger partial charge < -0.3 is 10.6 Å². The molecule has 0 radical (unpaired) electrons. The minimum absolute atomic E-state index is 0.0809. The van der Waals surface area contributed by atoms with Gasteiger partial charge in [-0.2, -0.15) is 0 Å². The second kappa shape index (κ2) is 8.30. The first-order valence-electron chi connectivity index (χ1n) is 8.91. The Morgan fingerprint density at radius 1 is 1.26 bits per heavy atom. The third-order valence-electron chi connectivity index (χ3n) is 4.30. The molecule has 0 atom stereocenters. The Bertz CT molecular complexity index is 878. The molecule has 1 fully saturated rings. The Morgan fingerprint density at radius 2 is 2.07 bits per heavy atom. The van der Waals surface area contributed by atoms with E-state index in [0.29, 0.717) is 41.6 Å². The van der Waals surface area contributed by atoms with E-state index in [2.05, 4.69) is 15.6 Å². The minimum atomic E-state index is -0.193. The lowest BCUT2D eigenvalue weighted by atomic mass is 10.1. The number of carbonyl (C=O) groups is 3. The highest BCUT2D eigenvalue weighted by molar-refractivity contribution is 7.14. The fraction of sp³-hybridized carbons (Fsp3) is 0.368. The average molecular weight is 386 g/mol. The van der Waals surface area contributed by atoms with Gasteiger partial charge in [0.25, 0.3) is 0 Å². The van der Waals surface area contributed by atoms with Crippen molar-refractivity contribution in [1.82, 2.24) is 4.98 Å².